The number of ketones is 1. The Kier molecular flexibility index (Phi) is 4.41. The van der Waals surface area contributed by atoms with Crippen LogP contribution in [-0.2, 0) is 10.2 Å². The summed E-state index contributed by atoms with van der Waals surface area (Å²) < 4.78 is 5.29. The first-order valence-electron chi connectivity index (χ1n) is 9.10. The highest BCUT2D eigenvalue weighted by molar-refractivity contribution is 6.04. The largest absolute Gasteiger partial charge is 0.497 e. The molecule has 0 heterocycles. The van der Waals surface area contributed by atoms with Gasteiger partial charge in [-0.2, -0.15) is 0 Å². The fourth-order valence-corrected chi connectivity index (χ4v) is 4.73. The molecule has 3 rings (SSSR count). The van der Waals surface area contributed by atoms with Crippen LogP contribution >= 0.6 is 0 Å². The van der Waals surface area contributed by atoms with Gasteiger partial charge in [-0.05, 0) is 23.3 Å². The van der Waals surface area contributed by atoms with E-state index in [4.69, 9.17) is 4.74 Å². The topological polar surface area (TPSA) is 63.6 Å². The van der Waals surface area contributed by atoms with Crippen LogP contribution in [0.15, 0.2) is 48.5 Å². The van der Waals surface area contributed by atoms with Crippen molar-refractivity contribution in [3.05, 3.63) is 65.2 Å². The van der Waals surface area contributed by atoms with Gasteiger partial charge in [0.25, 0.3) is 0 Å². The maximum absolute atomic E-state index is 13.3. The molecule has 0 aromatic heterocycles. The third kappa shape index (κ3) is 2.50. The predicted octanol–water partition coefficient (Wildman–Crippen LogP) is 4.70. The number of carboxylic acid groups (broad SMARTS) is 1. The van der Waals surface area contributed by atoms with Gasteiger partial charge in [0.1, 0.15) is 5.75 Å². The molecule has 0 unspecified atom stereocenters. The maximum Gasteiger partial charge on any atom is 0.303 e. The summed E-state index contributed by atoms with van der Waals surface area (Å²) in [4.78, 5) is 25.2. The number of hydrogen-bond acceptors (Lipinski definition) is 3. The Bertz CT molecular complexity index is 897. The summed E-state index contributed by atoms with van der Waals surface area (Å²) in [6.45, 7) is 7.73. The molecule has 0 saturated carbocycles. The van der Waals surface area contributed by atoms with E-state index >= 15 is 0 Å². The minimum Gasteiger partial charge on any atom is -0.497 e. The summed E-state index contributed by atoms with van der Waals surface area (Å²) in [5.41, 5.74) is 0.179. The summed E-state index contributed by atoms with van der Waals surface area (Å²) >= 11 is 0. The summed E-state index contributed by atoms with van der Waals surface area (Å²) in [5, 5.41) is 9.73. The number of carbonyl (C=O) groups is 2. The standard InChI is InChI=1S/C23H26O4/c1-21(2)20(26)17-8-6-7-9-18(17)23(4,22(21,3)14-19(24)25)15-10-12-16(27-5)13-11-15/h6-13H,14H2,1-5H3,(H,24,25)/t22-,23+/m0/s1. The predicted molar refractivity (Wildman–Crippen MR) is 104 cm³/mol. The van der Waals surface area contributed by atoms with E-state index in [1.807, 2.05) is 69.3 Å². The van der Waals surface area contributed by atoms with Crippen molar-refractivity contribution < 1.29 is 19.4 Å². The van der Waals surface area contributed by atoms with Crippen LogP contribution in [0, 0.1) is 10.8 Å². The highest BCUT2D eigenvalue weighted by Gasteiger charge is 2.62. The van der Waals surface area contributed by atoms with Gasteiger partial charge in [-0.3, -0.25) is 9.59 Å². The lowest BCUT2D eigenvalue weighted by Gasteiger charge is -2.58. The molecule has 2 aromatic carbocycles. The zero-order chi connectivity index (χ0) is 20.0. The van der Waals surface area contributed by atoms with Crippen molar-refractivity contribution in [3.63, 3.8) is 0 Å². The van der Waals surface area contributed by atoms with Crippen molar-refractivity contribution in [3.8, 4) is 5.75 Å². The Morgan fingerprint density at radius 1 is 1.00 bits per heavy atom. The molecular weight excluding hydrogens is 340 g/mol. The van der Waals surface area contributed by atoms with Crippen LogP contribution < -0.4 is 4.74 Å². The minimum atomic E-state index is -0.905. The highest BCUT2D eigenvalue weighted by atomic mass is 16.5. The second kappa shape index (κ2) is 6.22. The van der Waals surface area contributed by atoms with E-state index in [0.29, 0.717) is 5.56 Å². The number of methoxy groups -OCH3 is 1. The fraction of sp³-hybridized carbons (Fsp3) is 0.391. The highest BCUT2D eigenvalue weighted by Crippen LogP contribution is 2.62. The van der Waals surface area contributed by atoms with Crippen LogP contribution in [0.2, 0.25) is 0 Å². The first kappa shape index (κ1) is 19.2. The van der Waals surface area contributed by atoms with E-state index in [0.717, 1.165) is 16.9 Å². The smallest absolute Gasteiger partial charge is 0.303 e. The number of ether oxygens (including phenoxy) is 1. The van der Waals surface area contributed by atoms with E-state index < -0.39 is 22.2 Å². The molecule has 142 valence electrons. The van der Waals surface area contributed by atoms with Gasteiger partial charge in [0.2, 0.25) is 0 Å². The third-order valence-corrected chi connectivity index (χ3v) is 6.93. The third-order valence-electron chi connectivity index (χ3n) is 6.93. The van der Waals surface area contributed by atoms with Crippen LogP contribution in [0.25, 0.3) is 0 Å². The number of carbonyl (C=O) groups excluding carboxylic acids is 1. The summed E-state index contributed by atoms with van der Waals surface area (Å²) in [6, 6.07) is 15.3. The molecule has 0 spiro atoms. The molecule has 1 N–H and O–H groups in total. The first-order valence-corrected chi connectivity index (χ1v) is 9.10. The van der Waals surface area contributed by atoms with Crippen LogP contribution in [0.1, 0.15) is 55.6 Å². The number of carboxylic acids is 1. The van der Waals surface area contributed by atoms with Crippen molar-refractivity contribution in [2.24, 2.45) is 10.8 Å². The zero-order valence-electron chi connectivity index (χ0n) is 16.5. The van der Waals surface area contributed by atoms with Crippen molar-refractivity contribution in [1.82, 2.24) is 0 Å². The molecule has 2 atom stereocenters. The second-order valence-electron chi connectivity index (χ2n) is 8.26. The average molecular weight is 366 g/mol. The molecule has 2 aromatic rings. The number of hydrogen-bond donors (Lipinski definition) is 1. The first-order chi connectivity index (χ1) is 12.6. The Balaban J connectivity index is 2.38. The average Bonchev–Trinajstić information content (AvgIpc) is 2.65. The normalized spacial score (nSPS) is 26.3. The minimum absolute atomic E-state index is 0.00663. The van der Waals surface area contributed by atoms with Gasteiger partial charge < -0.3 is 9.84 Å². The van der Waals surface area contributed by atoms with Gasteiger partial charge in [0.05, 0.1) is 13.5 Å². The van der Waals surface area contributed by atoms with E-state index in [1.54, 1.807) is 7.11 Å². The van der Waals surface area contributed by atoms with E-state index in [9.17, 15) is 14.7 Å². The number of Topliss-reactive ketones (excluding diaryl/α,β-unsaturated/α-hetero) is 1. The van der Waals surface area contributed by atoms with Crippen LogP contribution in [0.5, 0.6) is 5.75 Å². The maximum atomic E-state index is 13.3. The van der Waals surface area contributed by atoms with Crippen LogP contribution in [-0.4, -0.2) is 24.0 Å². The fourth-order valence-electron chi connectivity index (χ4n) is 4.73. The molecule has 0 fully saturated rings. The van der Waals surface area contributed by atoms with Crippen molar-refractivity contribution in [1.29, 1.82) is 0 Å². The molecule has 27 heavy (non-hydrogen) atoms. The van der Waals surface area contributed by atoms with Crippen LogP contribution in [0.3, 0.4) is 0 Å². The molecule has 1 aliphatic carbocycles. The van der Waals surface area contributed by atoms with Gasteiger partial charge in [0.15, 0.2) is 5.78 Å². The zero-order valence-corrected chi connectivity index (χ0v) is 16.5. The molecule has 0 aliphatic heterocycles. The quantitative estimate of drug-likeness (QED) is 0.851. The Hall–Kier alpha value is -2.62. The van der Waals surface area contributed by atoms with Gasteiger partial charge in [-0.25, -0.2) is 0 Å². The number of fused-ring (bicyclic) bond motifs is 1. The molecule has 4 heteroatoms. The molecule has 1 aliphatic rings. The van der Waals surface area contributed by atoms with E-state index in [1.165, 1.54) is 0 Å². The van der Waals surface area contributed by atoms with Crippen molar-refractivity contribution in [2.75, 3.05) is 7.11 Å². The van der Waals surface area contributed by atoms with Gasteiger partial charge in [0, 0.05) is 21.8 Å². The van der Waals surface area contributed by atoms with E-state index in [2.05, 4.69) is 6.92 Å². The Morgan fingerprint density at radius 3 is 2.15 bits per heavy atom. The summed E-state index contributed by atoms with van der Waals surface area (Å²) in [5.74, 6) is -0.174. The SMILES string of the molecule is COc1ccc([C@]2(C)c3ccccc3C(=O)C(C)(C)[C@]2(C)CC(=O)O)cc1. The molecule has 0 amide bonds. The number of aliphatic carboxylic acids is 1. The summed E-state index contributed by atoms with van der Waals surface area (Å²) in [6.07, 6.45) is -0.109. The lowest BCUT2D eigenvalue weighted by molar-refractivity contribution is -0.143. The molecule has 0 bridgehead atoms. The van der Waals surface area contributed by atoms with Gasteiger partial charge in [-0.15, -0.1) is 0 Å². The lowest BCUT2D eigenvalue weighted by Crippen LogP contribution is -2.59. The van der Waals surface area contributed by atoms with Gasteiger partial charge >= 0.3 is 5.97 Å². The van der Waals surface area contributed by atoms with Crippen molar-refractivity contribution >= 4 is 11.8 Å². The molecule has 0 radical (unpaired) electrons. The Labute approximate surface area is 160 Å². The summed E-state index contributed by atoms with van der Waals surface area (Å²) in [7, 11) is 1.61. The molecular formula is C23H26O4. The number of benzene rings is 2. The second-order valence-corrected chi connectivity index (χ2v) is 8.26. The van der Waals surface area contributed by atoms with Gasteiger partial charge in [-0.1, -0.05) is 64.1 Å². The monoisotopic (exact) mass is 366 g/mol. The Morgan fingerprint density at radius 2 is 1.59 bits per heavy atom. The van der Waals surface area contributed by atoms with E-state index in [-0.39, 0.29) is 12.2 Å². The molecule has 0 saturated heterocycles. The number of rotatable bonds is 4. The van der Waals surface area contributed by atoms with Crippen LogP contribution in [0.4, 0.5) is 0 Å². The lowest BCUT2D eigenvalue weighted by atomic mass is 9.43. The van der Waals surface area contributed by atoms with Crippen molar-refractivity contribution in [2.45, 2.75) is 39.5 Å². The molecule has 4 nitrogen and oxygen atoms in total.